The van der Waals surface area contributed by atoms with Crippen LogP contribution in [0.3, 0.4) is 0 Å². The number of fused-ring (bicyclic) bond motifs is 1. The van der Waals surface area contributed by atoms with E-state index in [1.54, 1.807) is 13.0 Å². The van der Waals surface area contributed by atoms with Gasteiger partial charge in [0.2, 0.25) is 0 Å². The van der Waals surface area contributed by atoms with Gasteiger partial charge in [-0.25, -0.2) is 4.79 Å². The zero-order chi connectivity index (χ0) is 15.0. The lowest BCUT2D eigenvalue weighted by molar-refractivity contribution is -0.142. The van der Waals surface area contributed by atoms with Gasteiger partial charge in [0.25, 0.3) is 5.91 Å². The van der Waals surface area contributed by atoms with Gasteiger partial charge < -0.3 is 10.0 Å². The van der Waals surface area contributed by atoms with Crippen molar-refractivity contribution in [3.05, 3.63) is 52.8 Å². The van der Waals surface area contributed by atoms with Crippen LogP contribution in [0.4, 0.5) is 0 Å². The Kier molecular flexibility index (Phi) is 3.21. The minimum Gasteiger partial charge on any atom is -0.480 e. The molecule has 0 fully saturated rings. The standard InChI is InChI=1S/C15H15N3O3/c1-9-6-12(17-16-9)14(19)18-8-11-5-3-2-4-10(11)7-13(18)15(20)21/h2-6,13H,7-8H2,1H3,(H,16,17)(H,20,21)/t13-/m1/s1. The lowest BCUT2D eigenvalue weighted by Crippen LogP contribution is -2.48. The van der Waals surface area contributed by atoms with Crippen molar-refractivity contribution in [2.24, 2.45) is 0 Å². The lowest BCUT2D eigenvalue weighted by atomic mass is 9.93. The molecule has 2 N–H and O–H groups in total. The van der Waals surface area contributed by atoms with Gasteiger partial charge in [0.05, 0.1) is 0 Å². The Morgan fingerprint density at radius 2 is 2.05 bits per heavy atom. The third kappa shape index (κ3) is 2.40. The number of amides is 1. The molecule has 2 aromatic rings. The molecule has 1 aromatic heterocycles. The number of aromatic amines is 1. The van der Waals surface area contributed by atoms with E-state index in [4.69, 9.17) is 0 Å². The lowest BCUT2D eigenvalue weighted by Gasteiger charge is -2.33. The van der Waals surface area contributed by atoms with Crippen LogP contribution >= 0.6 is 0 Å². The van der Waals surface area contributed by atoms with Gasteiger partial charge in [-0.2, -0.15) is 5.10 Å². The number of nitrogens with zero attached hydrogens (tertiary/aromatic N) is 2. The van der Waals surface area contributed by atoms with Gasteiger partial charge in [0, 0.05) is 18.7 Å². The number of nitrogens with one attached hydrogen (secondary N) is 1. The molecule has 6 nitrogen and oxygen atoms in total. The third-order valence-corrected chi connectivity index (χ3v) is 3.72. The van der Waals surface area contributed by atoms with E-state index in [1.165, 1.54) is 4.90 Å². The fraction of sp³-hybridized carbons (Fsp3) is 0.267. The number of carboxylic acids is 1. The molecule has 2 heterocycles. The van der Waals surface area contributed by atoms with E-state index in [-0.39, 0.29) is 18.1 Å². The normalized spacial score (nSPS) is 17.4. The van der Waals surface area contributed by atoms with Crippen LogP contribution in [-0.2, 0) is 17.8 Å². The van der Waals surface area contributed by atoms with Crippen molar-refractivity contribution in [2.75, 3.05) is 0 Å². The number of H-pyrrole nitrogens is 1. The molecule has 0 saturated heterocycles. The zero-order valence-corrected chi connectivity index (χ0v) is 11.5. The summed E-state index contributed by atoms with van der Waals surface area (Å²) in [4.78, 5) is 25.4. The number of aryl methyl sites for hydroxylation is 1. The summed E-state index contributed by atoms with van der Waals surface area (Å²) >= 11 is 0. The molecule has 1 amide bonds. The van der Waals surface area contributed by atoms with Gasteiger partial charge in [-0.15, -0.1) is 0 Å². The number of hydrogen-bond acceptors (Lipinski definition) is 3. The average Bonchev–Trinajstić information content (AvgIpc) is 2.91. The fourth-order valence-electron chi connectivity index (χ4n) is 2.63. The van der Waals surface area contributed by atoms with Gasteiger partial charge in [0.15, 0.2) is 0 Å². The first-order valence-electron chi connectivity index (χ1n) is 6.69. The first-order chi connectivity index (χ1) is 10.1. The molecule has 1 atom stereocenters. The van der Waals surface area contributed by atoms with Crippen LogP contribution in [0, 0.1) is 6.92 Å². The molecule has 21 heavy (non-hydrogen) atoms. The maximum Gasteiger partial charge on any atom is 0.326 e. The van der Waals surface area contributed by atoms with Crippen LogP contribution in [0.1, 0.15) is 27.3 Å². The molecule has 0 bridgehead atoms. The Labute approximate surface area is 121 Å². The minimum atomic E-state index is -0.995. The molecular weight excluding hydrogens is 270 g/mol. The van der Waals surface area contributed by atoms with E-state index in [2.05, 4.69) is 10.2 Å². The summed E-state index contributed by atoms with van der Waals surface area (Å²) in [5, 5.41) is 16.1. The molecule has 108 valence electrons. The highest BCUT2D eigenvalue weighted by atomic mass is 16.4. The second kappa shape index (κ2) is 5.05. The minimum absolute atomic E-state index is 0.248. The molecule has 0 unspecified atom stereocenters. The molecule has 0 saturated carbocycles. The van der Waals surface area contributed by atoms with Crippen molar-refractivity contribution in [2.45, 2.75) is 25.9 Å². The van der Waals surface area contributed by atoms with E-state index in [0.29, 0.717) is 6.42 Å². The van der Waals surface area contributed by atoms with Crippen molar-refractivity contribution in [1.29, 1.82) is 0 Å². The number of carbonyl (C=O) groups excluding carboxylic acids is 1. The first kappa shape index (κ1) is 13.4. The van der Waals surface area contributed by atoms with Crippen LogP contribution in [0.5, 0.6) is 0 Å². The molecule has 1 aromatic carbocycles. The number of carbonyl (C=O) groups is 2. The Balaban J connectivity index is 1.96. The van der Waals surface area contributed by atoms with Crippen LogP contribution in [0.2, 0.25) is 0 Å². The summed E-state index contributed by atoms with van der Waals surface area (Å²) in [6.07, 6.45) is 0.320. The average molecular weight is 285 g/mol. The van der Waals surface area contributed by atoms with Gasteiger partial charge in [-0.3, -0.25) is 9.89 Å². The molecule has 0 spiro atoms. The summed E-state index contributed by atoms with van der Waals surface area (Å²) in [6, 6.07) is 8.37. The fourth-order valence-corrected chi connectivity index (χ4v) is 2.63. The SMILES string of the molecule is Cc1cc(C(=O)N2Cc3ccccc3C[C@@H]2C(=O)O)n[nH]1. The predicted octanol–water partition coefficient (Wildman–Crippen LogP) is 1.37. The molecule has 0 aliphatic carbocycles. The van der Waals surface area contributed by atoms with E-state index in [1.807, 2.05) is 24.3 Å². The van der Waals surface area contributed by atoms with E-state index >= 15 is 0 Å². The molecule has 1 aliphatic heterocycles. The third-order valence-electron chi connectivity index (χ3n) is 3.72. The maximum absolute atomic E-state index is 12.5. The Morgan fingerprint density at radius 3 is 2.67 bits per heavy atom. The van der Waals surface area contributed by atoms with Gasteiger partial charge in [-0.1, -0.05) is 24.3 Å². The highest BCUT2D eigenvalue weighted by Crippen LogP contribution is 2.24. The monoisotopic (exact) mass is 285 g/mol. The molecule has 1 aliphatic rings. The summed E-state index contributed by atoms with van der Waals surface area (Å²) < 4.78 is 0. The quantitative estimate of drug-likeness (QED) is 0.872. The van der Waals surface area contributed by atoms with Gasteiger partial charge in [0.1, 0.15) is 11.7 Å². The number of aromatic nitrogens is 2. The highest BCUT2D eigenvalue weighted by molar-refractivity contribution is 5.95. The predicted molar refractivity (Wildman–Crippen MR) is 74.8 cm³/mol. The van der Waals surface area contributed by atoms with E-state index in [9.17, 15) is 14.7 Å². The Morgan fingerprint density at radius 1 is 1.33 bits per heavy atom. The Hall–Kier alpha value is -2.63. The van der Waals surface area contributed by atoms with Crippen LogP contribution in [0.15, 0.2) is 30.3 Å². The first-order valence-corrected chi connectivity index (χ1v) is 6.69. The number of carboxylic acid groups (broad SMARTS) is 1. The topological polar surface area (TPSA) is 86.3 Å². The highest BCUT2D eigenvalue weighted by Gasteiger charge is 2.35. The van der Waals surface area contributed by atoms with Crippen molar-refractivity contribution < 1.29 is 14.7 Å². The largest absolute Gasteiger partial charge is 0.480 e. The summed E-state index contributed by atoms with van der Waals surface area (Å²) in [7, 11) is 0. The van der Waals surface area contributed by atoms with E-state index in [0.717, 1.165) is 16.8 Å². The number of benzene rings is 1. The van der Waals surface area contributed by atoms with Gasteiger partial charge >= 0.3 is 5.97 Å². The molecular formula is C15H15N3O3. The van der Waals surface area contributed by atoms with Crippen LogP contribution in [0.25, 0.3) is 0 Å². The summed E-state index contributed by atoms with van der Waals surface area (Å²) in [5.41, 5.74) is 2.98. The van der Waals surface area contributed by atoms with Crippen molar-refractivity contribution in [1.82, 2.24) is 15.1 Å². The van der Waals surface area contributed by atoms with Crippen molar-refractivity contribution >= 4 is 11.9 Å². The van der Waals surface area contributed by atoms with Crippen LogP contribution in [-0.4, -0.2) is 38.1 Å². The van der Waals surface area contributed by atoms with Crippen LogP contribution < -0.4 is 0 Å². The second-order valence-corrected chi connectivity index (χ2v) is 5.20. The zero-order valence-electron chi connectivity index (χ0n) is 11.5. The summed E-state index contributed by atoms with van der Waals surface area (Å²) in [6.45, 7) is 2.09. The number of aliphatic carboxylic acids is 1. The smallest absolute Gasteiger partial charge is 0.326 e. The molecule has 3 rings (SSSR count). The van der Waals surface area contributed by atoms with Gasteiger partial charge in [-0.05, 0) is 24.1 Å². The Bertz CT molecular complexity index is 708. The van der Waals surface area contributed by atoms with E-state index < -0.39 is 12.0 Å². The van der Waals surface area contributed by atoms with Crippen molar-refractivity contribution in [3.8, 4) is 0 Å². The molecule has 0 radical (unpaired) electrons. The second-order valence-electron chi connectivity index (χ2n) is 5.20. The number of hydrogen-bond donors (Lipinski definition) is 2. The molecule has 6 heteroatoms. The van der Waals surface area contributed by atoms with Crippen molar-refractivity contribution in [3.63, 3.8) is 0 Å². The maximum atomic E-state index is 12.5. The number of rotatable bonds is 2. The summed E-state index contributed by atoms with van der Waals surface area (Å²) in [5.74, 6) is -1.36.